The number of hydrogen-bond donors (Lipinski definition) is 2. The summed E-state index contributed by atoms with van der Waals surface area (Å²) in [6.45, 7) is 2.01. The van der Waals surface area contributed by atoms with Crippen LogP contribution >= 0.6 is 0 Å². The van der Waals surface area contributed by atoms with E-state index in [1.165, 1.54) is 0 Å². The number of nitrogens with two attached hydrogens (primary N) is 1. The quantitative estimate of drug-likeness (QED) is 0.723. The Hall–Kier alpha value is -3.40. The van der Waals surface area contributed by atoms with Crippen LogP contribution < -0.4 is 11.1 Å². The van der Waals surface area contributed by atoms with Gasteiger partial charge in [-0.05, 0) is 34.7 Å². The van der Waals surface area contributed by atoms with Crippen molar-refractivity contribution in [3.63, 3.8) is 0 Å². The Bertz CT molecular complexity index is 995. The van der Waals surface area contributed by atoms with Gasteiger partial charge < -0.3 is 11.1 Å². The minimum atomic E-state index is -0.755. The third-order valence-corrected chi connectivity index (χ3v) is 5.32. The maximum Gasteiger partial charge on any atom is 0.240 e. The summed E-state index contributed by atoms with van der Waals surface area (Å²) in [6, 6.07) is 22.9. The first-order chi connectivity index (χ1) is 13.5. The van der Waals surface area contributed by atoms with Crippen LogP contribution in [0.1, 0.15) is 28.2 Å². The van der Waals surface area contributed by atoms with Crippen LogP contribution in [0.15, 0.2) is 72.8 Å². The lowest BCUT2D eigenvalue weighted by molar-refractivity contribution is -0.127. The van der Waals surface area contributed by atoms with Gasteiger partial charge in [0.25, 0.3) is 0 Å². The van der Waals surface area contributed by atoms with Crippen LogP contribution in [0.3, 0.4) is 0 Å². The van der Waals surface area contributed by atoms with Gasteiger partial charge in [-0.15, -0.1) is 0 Å². The molecular weight excluding hydrogens is 348 g/mol. The van der Waals surface area contributed by atoms with E-state index >= 15 is 0 Å². The Morgan fingerprint density at radius 2 is 1.43 bits per heavy atom. The van der Waals surface area contributed by atoms with Crippen molar-refractivity contribution in [1.82, 2.24) is 5.32 Å². The summed E-state index contributed by atoms with van der Waals surface area (Å²) < 4.78 is 0. The van der Waals surface area contributed by atoms with Crippen molar-refractivity contribution < 1.29 is 9.59 Å². The molecule has 28 heavy (non-hydrogen) atoms. The van der Waals surface area contributed by atoms with Crippen LogP contribution in [0.5, 0.6) is 0 Å². The molecule has 0 saturated carbocycles. The van der Waals surface area contributed by atoms with Crippen LogP contribution in [-0.4, -0.2) is 17.9 Å². The average molecular weight is 370 g/mol. The zero-order chi connectivity index (χ0) is 19.7. The predicted molar refractivity (Wildman–Crippen MR) is 110 cm³/mol. The summed E-state index contributed by atoms with van der Waals surface area (Å²) in [5.74, 6) is -1.17. The number of nitrogens with one attached hydrogen (secondary N) is 1. The second kappa shape index (κ2) is 7.31. The molecule has 0 saturated heterocycles. The van der Waals surface area contributed by atoms with Crippen molar-refractivity contribution in [2.24, 2.45) is 5.73 Å². The highest BCUT2D eigenvalue weighted by Crippen LogP contribution is 2.44. The van der Waals surface area contributed by atoms with Gasteiger partial charge in [-0.2, -0.15) is 0 Å². The van der Waals surface area contributed by atoms with Gasteiger partial charge in [-0.1, -0.05) is 78.4 Å². The summed E-state index contributed by atoms with van der Waals surface area (Å²) in [7, 11) is 0. The number of carbonyl (C=O) groups is 2. The Morgan fingerprint density at radius 3 is 1.96 bits per heavy atom. The Labute approximate surface area is 164 Å². The molecule has 0 aromatic heterocycles. The summed E-state index contributed by atoms with van der Waals surface area (Å²) in [6.07, 6.45) is 0.372. The Morgan fingerprint density at radius 1 is 0.893 bits per heavy atom. The van der Waals surface area contributed by atoms with E-state index in [-0.39, 0.29) is 5.91 Å². The monoisotopic (exact) mass is 370 g/mol. The highest BCUT2D eigenvalue weighted by Gasteiger charge is 2.34. The van der Waals surface area contributed by atoms with E-state index in [9.17, 15) is 9.59 Å². The van der Waals surface area contributed by atoms with Crippen molar-refractivity contribution in [2.75, 3.05) is 0 Å². The van der Waals surface area contributed by atoms with Crippen molar-refractivity contribution in [1.29, 1.82) is 0 Å². The molecule has 140 valence electrons. The van der Waals surface area contributed by atoms with Crippen LogP contribution in [-0.2, 0) is 16.0 Å². The lowest BCUT2D eigenvalue weighted by atomic mass is 9.95. The number of fused-ring (bicyclic) bond motifs is 3. The zero-order valence-electron chi connectivity index (χ0n) is 15.7. The number of hydrogen-bond acceptors (Lipinski definition) is 2. The minimum absolute atomic E-state index is 0.201. The second-order valence-electron chi connectivity index (χ2n) is 7.26. The molecule has 4 heteroatoms. The second-order valence-corrected chi connectivity index (χ2v) is 7.26. The van der Waals surface area contributed by atoms with Crippen molar-refractivity contribution >= 4 is 11.8 Å². The fourth-order valence-corrected chi connectivity index (χ4v) is 3.88. The lowest BCUT2D eigenvalue weighted by Crippen LogP contribution is -2.47. The summed E-state index contributed by atoms with van der Waals surface area (Å²) >= 11 is 0. The van der Waals surface area contributed by atoms with Crippen molar-refractivity contribution in [3.8, 4) is 11.1 Å². The molecule has 2 amide bonds. The Kier molecular flexibility index (Phi) is 4.70. The molecule has 4 rings (SSSR count). The Balaban J connectivity index is 1.61. The van der Waals surface area contributed by atoms with Crippen LogP contribution in [0, 0.1) is 6.92 Å². The van der Waals surface area contributed by atoms with Gasteiger partial charge in [0, 0.05) is 6.42 Å². The summed E-state index contributed by atoms with van der Waals surface area (Å²) in [5, 5.41) is 2.89. The van der Waals surface area contributed by atoms with E-state index in [1.807, 2.05) is 79.7 Å². The molecule has 1 atom stereocenters. The smallest absolute Gasteiger partial charge is 0.240 e. The molecule has 0 bridgehead atoms. The topological polar surface area (TPSA) is 72.2 Å². The van der Waals surface area contributed by atoms with Crippen LogP contribution in [0.4, 0.5) is 0 Å². The lowest BCUT2D eigenvalue weighted by Gasteiger charge is -2.20. The van der Waals surface area contributed by atoms with Gasteiger partial charge in [-0.3, -0.25) is 9.59 Å². The minimum Gasteiger partial charge on any atom is -0.368 e. The average Bonchev–Trinajstić information content (AvgIpc) is 3.03. The van der Waals surface area contributed by atoms with E-state index in [0.29, 0.717) is 6.42 Å². The van der Waals surface area contributed by atoms with Gasteiger partial charge in [-0.25, -0.2) is 0 Å². The normalized spacial score (nSPS) is 13.5. The largest absolute Gasteiger partial charge is 0.368 e. The summed E-state index contributed by atoms with van der Waals surface area (Å²) in [4.78, 5) is 25.2. The van der Waals surface area contributed by atoms with Gasteiger partial charge in [0.15, 0.2) is 0 Å². The summed E-state index contributed by atoms with van der Waals surface area (Å²) in [5.41, 5.74) is 11.7. The molecule has 0 unspecified atom stereocenters. The first-order valence-electron chi connectivity index (χ1n) is 9.38. The number of amides is 2. The predicted octanol–water partition coefficient (Wildman–Crippen LogP) is 3.32. The van der Waals surface area contributed by atoms with Crippen LogP contribution in [0.2, 0.25) is 0 Å². The molecule has 0 spiro atoms. The van der Waals surface area contributed by atoms with E-state index in [2.05, 4.69) is 5.32 Å². The first kappa shape index (κ1) is 18.0. The molecule has 3 aromatic rings. The van der Waals surface area contributed by atoms with E-state index < -0.39 is 17.9 Å². The fraction of sp³-hybridized carbons (Fsp3) is 0.167. The molecule has 0 heterocycles. The van der Waals surface area contributed by atoms with Gasteiger partial charge in [0.2, 0.25) is 11.8 Å². The van der Waals surface area contributed by atoms with E-state index in [4.69, 9.17) is 5.73 Å². The number of primary amides is 1. The van der Waals surface area contributed by atoms with Gasteiger partial charge >= 0.3 is 0 Å². The SMILES string of the molecule is Cc1ccc(C[C@H](NC(=O)C2c3ccccc3-c3ccccc32)C(N)=O)cc1. The molecule has 1 aliphatic rings. The highest BCUT2D eigenvalue weighted by atomic mass is 16.2. The van der Waals surface area contributed by atoms with Gasteiger partial charge in [0.1, 0.15) is 6.04 Å². The number of rotatable bonds is 5. The van der Waals surface area contributed by atoms with Crippen LogP contribution in [0.25, 0.3) is 11.1 Å². The van der Waals surface area contributed by atoms with E-state index in [1.54, 1.807) is 0 Å². The van der Waals surface area contributed by atoms with Crippen molar-refractivity contribution in [2.45, 2.75) is 25.3 Å². The fourth-order valence-electron chi connectivity index (χ4n) is 3.88. The maximum atomic E-state index is 13.2. The van der Waals surface area contributed by atoms with E-state index in [0.717, 1.165) is 33.4 Å². The number of benzene rings is 3. The molecule has 0 radical (unpaired) electrons. The van der Waals surface area contributed by atoms with Crippen molar-refractivity contribution in [3.05, 3.63) is 95.1 Å². The molecular formula is C24H22N2O2. The zero-order valence-corrected chi connectivity index (χ0v) is 15.7. The first-order valence-corrected chi connectivity index (χ1v) is 9.38. The molecule has 3 N–H and O–H groups in total. The highest BCUT2D eigenvalue weighted by molar-refractivity contribution is 5.98. The number of carbonyl (C=O) groups excluding carboxylic acids is 2. The standard InChI is InChI=1S/C24H22N2O2/c1-15-10-12-16(13-11-15)14-21(23(25)27)26-24(28)22-19-8-4-2-6-17(19)18-7-3-5-9-20(18)22/h2-13,21-22H,14H2,1H3,(H2,25,27)(H,26,28)/t21-/m0/s1. The third kappa shape index (κ3) is 3.29. The third-order valence-electron chi connectivity index (χ3n) is 5.32. The molecule has 3 aromatic carbocycles. The molecule has 4 nitrogen and oxygen atoms in total. The molecule has 1 aliphatic carbocycles. The molecule has 0 fully saturated rings. The number of aryl methyl sites for hydroxylation is 1. The maximum absolute atomic E-state index is 13.2. The van der Waals surface area contributed by atoms with Gasteiger partial charge in [0.05, 0.1) is 5.92 Å². The molecule has 0 aliphatic heterocycles.